The molecule has 3 aromatic rings. The number of benzene rings is 2. The molecule has 270 valence electrons. The van der Waals surface area contributed by atoms with E-state index in [1.165, 1.54) is 13.2 Å². The van der Waals surface area contributed by atoms with Gasteiger partial charge in [0.25, 0.3) is 5.56 Å². The summed E-state index contributed by atoms with van der Waals surface area (Å²) in [5.74, 6) is 1.88. The summed E-state index contributed by atoms with van der Waals surface area (Å²) in [6.45, 7) is 14.9. The van der Waals surface area contributed by atoms with Gasteiger partial charge in [-0.1, -0.05) is 26.8 Å². The molecule has 1 aromatic heterocycles. The van der Waals surface area contributed by atoms with Crippen LogP contribution in [-0.2, 0) is 13.0 Å². The standard InChI is InChI=1S/C38H54FN9O2/c1-25-23-38(3,4)13-11-32(25)44-37(47-16-14-41-26(2)24-47)42-28-8-10-30-33(21-28)43-35(34(40)46-19-17-45(5)18-20-46)48(36(30)49)15-12-27-7-9-29(50-6)22-31(27)39/h7-10,21-22,25-26,32,40-41H,11-20,23-24H2,1-6H3,(H,42,44)/t25-,26-,32?/m0/s1. The van der Waals surface area contributed by atoms with Gasteiger partial charge in [0, 0.05) is 70.2 Å². The van der Waals surface area contributed by atoms with E-state index >= 15 is 0 Å². The first kappa shape index (κ1) is 35.8. The minimum Gasteiger partial charge on any atom is -0.497 e. The van der Waals surface area contributed by atoms with Crippen LogP contribution in [-0.4, -0.2) is 108 Å². The molecule has 1 saturated carbocycles. The van der Waals surface area contributed by atoms with Crippen LogP contribution in [0, 0.1) is 22.6 Å². The first-order valence-electron chi connectivity index (χ1n) is 18.1. The van der Waals surface area contributed by atoms with Gasteiger partial charge in [-0.3, -0.25) is 14.8 Å². The number of aliphatic imine (C=N–C) groups is 1. The van der Waals surface area contributed by atoms with Crippen molar-refractivity contribution in [3.05, 3.63) is 64.0 Å². The monoisotopic (exact) mass is 687 g/mol. The van der Waals surface area contributed by atoms with Gasteiger partial charge in [-0.05, 0) is 80.8 Å². The molecule has 0 amide bonds. The fourth-order valence-electron chi connectivity index (χ4n) is 7.68. The van der Waals surface area contributed by atoms with Crippen LogP contribution < -0.4 is 20.9 Å². The number of fused-ring (bicyclic) bond motifs is 1. The highest BCUT2D eigenvalue weighted by Gasteiger charge is 2.33. The Balaban J connectivity index is 1.35. The zero-order valence-electron chi connectivity index (χ0n) is 30.6. The quantitative estimate of drug-likeness (QED) is 0.244. The number of anilines is 1. The number of likely N-dealkylation sites (N-methyl/N-ethyl adjacent to an activating group) is 1. The van der Waals surface area contributed by atoms with Crippen LogP contribution in [0.3, 0.4) is 0 Å². The maximum absolute atomic E-state index is 14.9. The van der Waals surface area contributed by atoms with E-state index in [0.717, 1.165) is 63.6 Å². The molecule has 2 saturated heterocycles. The van der Waals surface area contributed by atoms with Crippen molar-refractivity contribution in [2.45, 2.75) is 72.0 Å². The molecule has 50 heavy (non-hydrogen) atoms. The number of aryl methyl sites for hydroxylation is 1. The second kappa shape index (κ2) is 15.1. The van der Waals surface area contributed by atoms with E-state index in [1.54, 1.807) is 16.7 Å². The normalized spacial score (nSPS) is 23.3. The van der Waals surface area contributed by atoms with E-state index in [1.807, 2.05) is 23.1 Å². The topological polar surface area (TPSA) is 114 Å². The van der Waals surface area contributed by atoms with Gasteiger partial charge in [0.05, 0.1) is 24.1 Å². The summed E-state index contributed by atoms with van der Waals surface area (Å²) in [4.78, 5) is 31.1. The molecule has 1 aliphatic carbocycles. The molecular formula is C38H54FN9O2. The van der Waals surface area contributed by atoms with Crippen LogP contribution in [0.4, 0.5) is 10.1 Å². The van der Waals surface area contributed by atoms with Crippen LogP contribution in [0.1, 0.15) is 58.3 Å². The van der Waals surface area contributed by atoms with Crippen molar-refractivity contribution in [2.75, 3.05) is 65.3 Å². The highest BCUT2D eigenvalue weighted by molar-refractivity contribution is 5.98. The van der Waals surface area contributed by atoms with Crippen LogP contribution >= 0.6 is 0 Å². The summed E-state index contributed by atoms with van der Waals surface area (Å²) in [6, 6.07) is 11.0. The van der Waals surface area contributed by atoms with Gasteiger partial charge in [0.1, 0.15) is 11.6 Å². The highest BCUT2D eigenvalue weighted by Crippen LogP contribution is 2.40. The minimum atomic E-state index is -0.389. The third-order valence-electron chi connectivity index (χ3n) is 10.7. The predicted molar refractivity (Wildman–Crippen MR) is 199 cm³/mol. The molecule has 3 heterocycles. The van der Waals surface area contributed by atoms with Gasteiger partial charge in [0.2, 0.25) is 0 Å². The first-order valence-corrected chi connectivity index (χ1v) is 18.1. The second-order valence-electron chi connectivity index (χ2n) is 15.3. The van der Waals surface area contributed by atoms with Crippen molar-refractivity contribution >= 4 is 28.4 Å². The Morgan fingerprint density at radius 2 is 1.90 bits per heavy atom. The lowest BCUT2D eigenvalue weighted by atomic mass is 9.71. The van der Waals surface area contributed by atoms with Gasteiger partial charge in [-0.15, -0.1) is 0 Å². The fourth-order valence-corrected chi connectivity index (χ4v) is 7.68. The summed E-state index contributed by atoms with van der Waals surface area (Å²) in [5, 5.41) is 16.9. The number of nitrogens with one attached hydrogen (secondary N) is 3. The number of amidine groups is 1. The molecule has 2 aromatic carbocycles. The molecule has 6 rings (SSSR count). The van der Waals surface area contributed by atoms with Gasteiger partial charge in [-0.2, -0.15) is 0 Å². The lowest BCUT2D eigenvalue weighted by Gasteiger charge is -2.39. The van der Waals surface area contributed by atoms with Gasteiger partial charge in [0.15, 0.2) is 17.6 Å². The summed E-state index contributed by atoms with van der Waals surface area (Å²) in [7, 11) is 3.57. The Morgan fingerprint density at radius 1 is 1.12 bits per heavy atom. The van der Waals surface area contributed by atoms with Crippen molar-refractivity contribution < 1.29 is 9.13 Å². The third kappa shape index (κ3) is 8.12. The van der Waals surface area contributed by atoms with Crippen molar-refractivity contribution in [2.24, 2.45) is 16.3 Å². The summed E-state index contributed by atoms with van der Waals surface area (Å²) >= 11 is 0. The Morgan fingerprint density at radius 3 is 2.60 bits per heavy atom. The molecule has 0 bridgehead atoms. The number of hydrogen-bond acceptors (Lipinski definition) is 7. The molecule has 0 radical (unpaired) electrons. The molecule has 0 spiro atoms. The van der Waals surface area contributed by atoms with Crippen molar-refractivity contribution in [1.82, 2.24) is 29.6 Å². The average Bonchev–Trinajstić information content (AvgIpc) is 3.08. The molecule has 3 N–H and O–H groups in total. The Labute approximate surface area is 295 Å². The van der Waals surface area contributed by atoms with Crippen molar-refractivity contribution in [3.8, 4) is 5.75 Å². The van der Waals surface area contributed by atoms with Gasteiger partial charge in [-0.25, -0.2) is 14.4 Å². The average molecular weight is 688 g/mol. The minimum absolute atomic E-state index is 0.185. The molecular weight excluding hydrogens is 633 g/mol. The van der Waals surface area contributed by atoms with E-state index in [0.29, 0.717) is 58.5 Å². The van der Waals surface area contributed by atoms with E-state index in [-0.39, 0.29) is 36.2 Å². The Hall–Kier alpha value is -4.03. The number of ether oxygens (including phenoxy) is 1. The van der Waals surface area contributed by atoms with Gasteiger partial charge < -0.3 is 30.1 Å². The highest BCUT2D eigenvalue weighted by atomic mass is 19.1. The summed E-state index contributed by atoms with van der Waals surface area (Å²) in [5.41, 5.74) is 1.87. The van der Waals surface area contributed by atoms with E-state index in [2.05, 4.69) is 55.2 Å². The maximum atomic E-state index is 14.9. The SMILES string of the molecule is COc1ccc(CCn2c(C(=N)N3CCN(C)CC3)nc3cc(NC(=NC4CCC(C)(C)C[C@@H]4C)N4CCN[C@@H](C)C4)ccc3c2=O)c(F)c1. The van der Waals surface area contributed by atoms with E-state index in [4.69, 9.17) is 14.7 Å². The van der Waals surface area contributed by atoms with Crippen molar-refractivity contribution in [1.29, 1.82) is 5.41 Å². The third-order valence-corrected chi connectivity index (χ3v) is 10.7. The largest absolute Gasteiger partial charge is 0.497 e. The summed E-state index contributed by atoms with van der Waals surface area (Å²) in [6.07, 6.45) is 3.62. The number of nitrogens with zero attached hydrogens (tertiary/aromatic N) is 6. The molecule has 1 unspecified atom stereocenters. The van der Waals surface area contributed by atoms with E-state index in [9.17, 15) is 14.6 Å². The number of halogens is 1. The zero-order valence-corrected chi connectivity index (χ0v) is 30.6. The number of aromatic nitrogens is 2. The van der Waals surface area contributed by atoms with E-state index < -0.39 is 0 Å². The van der Waals surface area contributed by atoms with Crippen LogP contribution in [0.2, 0.25) is 0 Å². The zero-order chi connectivity index (χ0) is 35.6. The number of rotatable bonds is 7. The number of piperazine rings is 2. The molecule has 3 aliphatic rings. The fraction of sp³-hybridized carbons (Fsp3) is 0.579. The lowest BCUT2D eigenvalue weighted by molar-refractivity contribution is 0.168. The smallest absolute Gasteiger partial charge is 0.261 e. The molecule has 11 nitrogen and oxygen atoms in total. The Bertz CT molecular complexity index is 1780. The number of hydrogen-bond donors (Lipinski definition) is 3. The summed E-state index contributed by atoms with van der Waals surface area (Å²) < 4.78 is 21.6. The maximum Gasteiger partial charge on any atom is 0.261 e. The Kier molecular flexibility index (Phi) is 10.8. The van der Waals surface area contributed by atoms with Gasteiger partial charge >= 0.3 is 0 Å². The first-order chi connectivity index (χ1) is 23.9. The number of guanidine groups is 1. The second-order valence-corrected chi connectivity index (χ2v) is 15.3. The van der Waals surface area contributed by atoms with Crippen LogP contribution in [0.15, 0.2) is 46.2 Å². The van der Waals surface area contributed by atoms with Crippen LogP contribution in [0.5, 0.6) is 5.75 Å². The van der Waals surface area contributed by atoms with Crippen LogP contribution in [0.25, 0.3) is 10.9 Å². The molecule has 2 aliphatic heterocycles. The number of methoxy groups -OCH3 is 1. The predicted octanol–water partition coefficient (Wildman–Crippen LogP) is 4.64. The molecule has 12 heteroatoms. The van der Waals surface area contributed by atoms with Crippen molar-refractivity contribution in [3.63, 3.8) is 0 Å². The molecule has 3 atom stereocenters. The lowest BCUT2D eigenvalue weighted by Crippen LogP contribution is -2.53. The molecule has 3 fully saturated rings.